The summed E-state index contributed by atoms with van der Waals surface area (Å²) in [6.07, 6.45) is -1.08. The zero-order chi connectivity index (χ0) is 19.8. The predicted molar refractivity (Wildman–Crippen MR) is 99.5 cm³/mol. The van der Waals surface area contributed by atoms with E-state index >= 15 is 0 Å². The molecule has 3 N–H and O–H groups in total. The summed E-state index contributed by atoms with van der Waals surface area (Å²) in [6, 6.07) is 3.01. The Morgan fingerprint density at radius 2 is 2.04 bits per heavy atom. The van der Waals surface area contributed by atoms with E-state index in [1.807, 2.05) is 0 Å². The number of benzene rings is 1. The molecule has 0 aliphatic carbocycles. The summed E-state index contributed by atoms with van der Waals surface area (Å²) in [5, 5.41) is 3.07. The number of hydrogen-bond donors (Lipinski definition) is 2. The SMILES string of the molecule is CC(C)(C)OC(=O)NC1COC(CN2Cc3cc(N)c(Cl)cc3C2=O)OC1. The van der Waals surface area contributed by atoms with Crippen LogP contribution >= 0.6 is 11.6 Å². The molecule has 2 aliphatic heterocycles. The van der Waals surface area contributed by atoms with E-state index in [-0.39, 0.29) is 31.7 Å². The summed E-state index contributed by atoms with van der Waals surface area (Å²) in [6.45, 7) is 6.64. The Morgan fingerprint density at radius 3 is 2.67 bits per heavy atom. The first-order valence-electron chi connectivity index (χ1n) is 8.72. The maximum Gasteiger partial charge on any atom is 0.408 e. The Hall–Kier alpha value is -2.03. The van der Waals surface area contributed by atoms with Gasteiger partial charge in [-0.05, 0) is 38.5 Å². The summed E-state index contributed by atoms with van der Waals surface area (Å²) in [4.78, 5) is 25.9. The Bertz CT molecular complexity index is 741. The molecule has 1 fully saturated rings. The van der Waals surface area contributed by atoms with Crippen LogP contribution in [0.4, 0.5) is 10.5 Å². The number of alkyl carbamates (subject to hydrolysis) is 1. The van der Waals surface area contributed by atoms with Crippen molar-refractivity contribution >= 4 is 29.3 Å². The van der Waals surface area contributed by atoms with Crippen molar-refractivity contribution in [1.29, 1.82) is 0 Å². The monoisotopic (exact) mass is 397 g/mol. The topological polar surface area (TPSA) is 103 Å². The van der Waals surface area contributed by atoms with E-state index in [0.29, 0.717) is 22.8 Å². The number of halogens is 1. The zero-order valence-corrected chi connectivity index (χ0v) is 16.3. The minimum Gasteiger partial charge on any atom is -0.444 e. The van der Waals surface area contributed by atoms with Crippen LogP contribution in [0.5, 0.6) is 0 Å². The van der Waals surface area contributed by atoms with Gasteiger partial charge in [-0.15, -0.1) is 0 Å². The molecule has 1 saturated heterocycles. The van der Waals surface area contributed by atoms with Crippen molar-refractivity contribution in [2.75, 3.05) is 25.5 Å². The standard InChI is InChI=1S/C18H24ClN3O5/c1-18(2,3)27-17(24)21-11-8-25-15(26-9-11)7-22-6-10-4-14(20)13(19)5-12(10)16(22)23/h4-5,11,15H,6-9,20H2,1-3H3,(H,21,24). The maximum absolute atomic E-state index is 12.5. The lowest BCUT2D eigenvalue weighted by Gasteiger charge is -2.32. The number of nitrogens with zero attached hydrogens (tertiary/aromatic N) is 1. The van der Waals surface area contributed by atoms with E-state index in [9.17, 15) is 9.59 Å². The lowest BCUT2D eigenvalue weighted by Crippen LogP contribution is -2.50. The highest BCUT2D eigenvalue weighted by Gasteiger charge is 2.33. The summed E-state index contributed by atoms with van der Waals surface area (Å²) in [5.41, 5.74) is 7.07. The molecule has 0 saturated carbocycles. The highest BCUT2D eigenvalue weighted by molar-refractivity contribution is 6.33. The van der Waals surface area contributed by atoms with Crippen molar-refractivity contribution in [2.24, 2.45) is 0 Å². The van der Waals surface area contributed by atoms with Gasteiger partial charge in [0, 0.05) is 12.1 Å². The minimum absolute atomic E-state index is 0.131. The van der Waals surface area contributed by atoms with Crippen molar-refractivity contribution in [3.8, 4) is 0 Å². The molecule has 0 radical (unpaired) electrons. The van der Waals surface area contributed by atoms with Crippen molar-refractivity contribution in [3.05, 3.63) is 28.3 Å². The molecule has 2 amide bonds. The van der Waals surface area contributed by atoms with Gasteiger partial charge in [-0.2, -0.15) is 0 Å². The first-order valence-corrected chi connectivity index (χ1v) is 9.10. The fourth-order valence-electron chi connectivity index (χ4n) is 2.95. The van der Waals surface area contributed by atoms with Crippen LogP contribution in [-0.2, 0) is 20.8 Å². The maximum atomic E-state index is 12.5. The molecule has 3 rings (SSSR count). The van der Waals surface area contributed by atoms with Gasteiger partial charge in [-0.25, -0.2) is 4.79 Å². The number of carbonyl (C=O) groups excluding carboxylic acids is 2. The molecule has 27 heavy (non-hydrogen) atoms. The highest BCUT2D eigenvalue weighted by Crippen LogP contribution is 2.30. The van der Waals surface area contributed by atoms with Gasteiger partial charge >= 0.3 is 6.09 Å². The van der Waals surface area contributed by atoms with E-state index in [1.54, 1.807) is 37.8 Å². The fraction of sp³-hybridized carbons (Fsp3) is 0.556. The number of hydrogen-bond acceptors (Lipinski definition) is 6. The van der Waals surface area contributed by atoms with E-state index in [2.05, 4.69) is 5.32 Å². The first-order chi connectivity index (χ1) is 12.6. The van der Waals surface area contributed by atoms with Gasteiger partial charge in [0.1, 0.15) is 5.60 Å². The number of nitrogens with one attached hydrogen (secondary N) is 1. The molecule has 0 atom stereocenters. The molecule has 1 aromatic carbocycles. The molecule has 0 spiro atoms. The zero-order valence-electron chi connectivity index (χ0n) is 15.6. The van der Waals surface area contributed by atoms with Crippen molar-refractivity contribution < 1.29 is 23.8 Å². The molecule has 8 nitrogen and oxygen atoms in total. The van der Waals surface area contributed by atoms with Gasteiger partial charge in [0.25, 0.3) is 5.91 Å². The predicted octanol–water partition coefficient (Wildman–Crippen LogP) is 2.14. The largest absolute Gasteiger partial charge is 0.444 e. The minimum atomic E-state index is -0.569. The van der Waals surface area contributed by atoms with Gasteiger partial charge < -0.3 is 30.2 Å². The van der Waals surface area contributed by atoms with Crippen molar-refractivity contribution in [3.63, 3.8) is 0 Å². The molecule has 0 bridgehead atoms. The number of ether oxygens (including phenoxy) is 3. The fourth-order valence-corrected chi connectivity index (χ4v) is 3.11. The van der Waals surface area contributed by atoms with Gasteiger partial charge in [-0.1, -0.05) is 11.6 Å². The Labute approximate surface area is 162 Å². The molecule has 1 aromatic rings. The van der Waals surface area contributed by atoms with Gasteiger partial charge in [-0.3, -0.25) is 4.79 Å². The molecular formula is C18H24ClN3O5. The average Bonchev–Trinajstić information content (AvgIpc) is 2.84. The summed E-state index contributed by atoms with van der Waals surface area (Å²) in [5.74, 6) is -0.131. The summed E-state index contributed by atoms with van der Waals surface area (Å²) in [7, 11) is 0. The normalized spacial score (nSPS) is 22.5. The third kappa shape index (κ3) is 4.82. The number of fused-ring (bicyclic) bond motifs is 1. The second-order valence-corrected chi connectivity index (χ2v) is 8.06. The Morgan fingerprint density at radius 1 is 1.37 bits per heavy atom. The van der Waals surface area contributed by atoms with Crippen molar-refractivity contribution in [2.45, 2.75) is 45.2 Å². The summed E-state index contributed by atoms with van der Waals surface area (Å²) < 4.78 is 16.5. The molecule has 2 aliphatic rings. The number of rotatable bonds is 3. The van der Waals surface area contributed by atoms with Crippen LogP contribution in [-0.4, -0.2) is 54.6 Å². The number of amides is 2. The second kappa shape index (κ2) is 7.53. The molecule has 2 heterocycles. The van der Waals surface area contributed by atoms with Crippen molar-refractivity contribution in [1.82, 2.24) is 10.2 Å². The van der Waals surface area contributed by atoms with Crippen LogP contribution in [0.25, 0.3) is 0 Å². The van der Waals surface area contributed by atoms with E-state index in [4.69, 9.17) is 31.5 Å². The number of anilines is 1. The van der Waals surface area contributed by atoms with E-state index < -0.39 is 18.0 Å². The Balaban J connectivity index is 1.49. The third-order valence-electron chi connectivity index (χ3n) is 4.16. The van der Waals surface area contributed by atoms with E-state index in [1.165, 1.54) is 0 Å². The van der Waals surface area contributed by atoms with Crippen LogP contribution in [0.1, 0.15) is 36.7 Å². The van der Waals surface area contributed by atoms with Gasteiger partial charge in [0.2, 0.25) is 0 Å². The Kier molecular flexibility index (Phi) is 5.50. The molecule has 0 aromatic heterocycles. The van der Waals surface area contributed by atoms with Gasteiger partial charge in [0.05, 0.1) is 36.5 Å². The molecule has 148 valence electrons. The highest BCUT2D eigenvalue weighted by atomic mass is 35.5. The summed E-state index contributed by atoms with van der Waals surface area (Å²) >= 11 is 6.00. The molecule has 9 heteroatoms. The van der Waals surface area contributed by atoms with E-state index in [0.717, 1.165) is 5.56 Å². The number of nitrogen functional groups attached to an aromatic ring is 1. The smallest absolute Gasteiger partial charge is 0.408 e. The van der Waals surface area contributed by atoms with Gasteiger partial charge in [0.15, 0.2) is 6.29 Å². The lowest BCUT2D eigenvalue weighted by molar-refractivity contribution is -0.193. The lowest BCUT2D eigenvalue weighted by atomic mass is 10.1. The average molecular weight is 398 g/mol. The van der Waals surface area contributed by atoms with Crippen LogP contribution in [0.15, 0.2) is 12.1 Å². The quantitative estimate of drug-likeness (QED) is 0.757. The number of carbonyl (C=O) groups is 2. The van der Waals surface area contributed by atoms with Crippen LogP contribution in [0.3, 0.4) is 0 Å². The van der Waals surface area contributed by atoms with Crippen LogP contribution in [0.2, 0.25) is 5.02 Å². The molecular weight excluding hydrogens is 374 g/mol. The number of nitrogens with two attached hydrogens (primary N) is 1. The first kappa shape index (κ1) is 19.7. The third-order valence-corrected chi connectivity index (χ3v) is 4.49. The van der Waals surface area contributed by atoms with Crippen LogP contribution < -0.4 is 11.1 Å². The second-order valence-electron chi connectivity index (χ2n) is 7.66. The van der Waals surface area contributed by atoms with Crippen LogP contribution in [0, 0.1) is 0 Å². The molecule has 0 unspecified atom stereocenters.